The molecule has 0 spiro atoms. The number of aliphatic carboxylic acids is 1. The van der Waals surface area contributed by atoms with Crippen LogP contribution in [-0.4, -0.2) is 23.6 Å². The van der Waals surface area contributed by atoms with Crippen molar-refractivity contribution >= 4 is 29.5 Å². The van der Waals surface area contributed by atoms with Gasteiger partial charge in [-0.15, -0.1) is 23.5 Å². The first-order chi connectivity index (χ1) is 4.22. The molecule has 0 saturated carbocycles. The Kier molecular flexibility index (Phi) is 4.71. The van der Waals surface area contributed by atoms with Gasteiger partial charge in [-0.2, -0.15) is 0 Å². The van der Waals surface area contributed by atoms with Crippen LogP contribution in [0.3, 0.4) is 0 Å². The minimum atomic E-state index is -0.850. The van der Waals surface area contributed by atoms with Crippen LogP contribution in [0.25, 0.3) is 0 Å². The van der Waals surface area contributed by atoms with Gasteiger partial charge in [-0.05, 0) is 17.9 Å². The van der Waals surface area contributed by atoms with Gasteiger partial charge in [-0.25, -0.2) is 4.79 Å². The second-order valence-electron chi connectivity index (χ2n) is 1.23. The van der Waals surface area contributed by atoms with Crippen LogP contribution >= 0.6 is 23.5 Å². The van der Waals surface area contributed by atoms with E-state index < -0.39 is 5.97 Å². The fraction of sp³-hybridized carbons (Fsp3) is 0.400. The van der Waals surface area contributed by atoms with Crippen molar-refractivity contribution < 1.29 is 9.90 Å². The molecule has 0 amide bonds. The van der Waals surface area contributed by atoms with E-state index >= 15 is 0 Å². The lowest BCUT2D eigenvalue weighted by Crippen LogP contribution is -1.94. The molecule has 0 aliphatic rings. The molecule has 0 bridgehead atoms. The van der Waals surface area contributed by atoms with Crippen LogP contribution in [0.1, 0.15) is 0 Å². The SMILES string of the molecule is CS/C=C(\SC)C(=O)O. The standard InChI is InChI=1S/C5H8O2S2/c1-8-3-4(9-2)5(6)7/h3H,1-2H3,(H,6,7)/b4-3-. The van der Waals surface area contributed by atoms with Gasteiger partial charge < -0.3 is 5.11 Å². The van der Waals surface area contributed by atoms with Gasteiger partial charge in [0, 0.05) is 0 Å². The lowest BCUT2D eigenvalue weighted by Gasteiger charge is -1.92. The fourth-order valence-electron chi connectivity index (χ4n) is 0.293. The van der Waals surface area contributed by atoms with E-state index in [4.69, 9.17) is 5.11 Å². The molecule has 4 heteroatoms. The van der Waals surface area contributed by atoms with E-state index in [-0.39, 0.29) is 0 Å². The number of carboxylic acids is 1. The van der Waals surface area contributed by atoms with Gasteiger partial charge in [0.15, 0.2) is 0 Å². The molecule has 0 aromatic heterocycles. The number of hydrogen-bond donors (Lipinski definition) is 1. The number of rotatable bonds is 3. The van der Waals surface area contributed by atoms with Crippen molar-refractivity contribution in [2.45, 2.75) is 0 Å². The van der Waals surface area contributed by atoms with Crippen molar-refractivity contribution in [3.05, 3.63) is 10.3 Å². The molecule has 1 N–H and O–H groups in total. The van der Waals surface area contributed by atoms with Gasteiger partial charge >= 0.3 is 5.97 Å². The van der Waals surface area contributed by atoms with Gasteiger partial charge in [0.25, 0.3) is 0 Å². The van der Waals surface area contributed by atoms with Gasteiger partial charge in [0.2, 0.25) is 0 Å². The van der Waals surface area contributed by atoms with Crippen molar-refractivity contribution in [2.75, 3.05) is 12.5 Å². The zero-order valence-corrected chi connectivity index (χ0v) is 6.88. The highest BCUT2D eigenvalue weighted by molar-refractivity contribution is 8.06. The summed E-state index contributed by atoms with van der Waals surface area (Å²) in [6.45, 7) is 0. The zero-order valence-electron chi connectivity index (χ0n) is 5.25. The van der Waals surface area contributed by atoms with E-state index in [9.17, 15) is 4.79 Å². The molecule has 0 rings (SSSR count). The molecule has 0 fully saturated rings. The minimum Gasteiger partial charge on any atom is -0.477 e. The summed E-state index contributed by atoms with van der Waals surface area (Å²) in [5.41, 5.74) is 0. The highest BCUT2D eigenvalue weighted by Gasteiger charge is 2.02. The number of thioether (sulfide) groups is 2. The van der Waals surface area contributed by atoms with Crippen molar-refractivity contribution in [1.29, 1.82) is 0 Å². The van der Waals surface area contributed by atoms with Crippen LogP contribution in [0.2, 0.25) is 0 Å². The normalized spacial score (nSPS) is 11.6. The Morgan fingerprint density at radius 3 is 2.22 bits per heavy atom. The van der Waals surface area contributed by atoms with E-state index in [1.54, 1.807) is 11.7 Å². The maximum Gasteiger partial charge on any atom is 0.342 e. The summed E-state index contributed by atoms with van der Waals surface area (Å²) < 4.78 is 0. The topological polar surface area (TPSA) is 37.3 Å². The molecule has 0 atom stereocenters. The molecule has 0 radical (unpaired) electrons. The largest absolute Gasteiger partial charge is 0.477 e. The Labute approximate surface area is 62.7 Å². The Balaban J connectivity index is 3.98. The first kappa shape index (κ1) is 8.91. The second-order valence-corrected chi connectivity index (χ2v) is 2.78. The molecule has 2 nitrogen and oxygen atoms in total. The highest BCUT2D eigenvalue weighted by Crippen LogP contribution is 2.14. The summed E-state index contributed by atoms with van der Waals surface area (Å²) >= 11 is 2.64. The van der Waals surface area contributed by atoms with E-state index in [0.29, 0.717) is 4.91 Å². The molecule has 0 aromatic carbocycles. The quantitative estimate of drug-likeness (QED) is 0.643. The maximum atomic E-state index is 10.2. The van der Waals surface area contributed by atoms with Crippen molar-refractivity contribution in [3.63, 3.8) is 0 Å². The lowest BCUT2D eigenvalue weighted by molar-refractivity contribution is -0.131. The average molecular weight is 164 g/mol. The fourth-order valence-corrected chi connectivity index (χ4v) is 1.46. The van der Waals surface area contributed by atoms with E-state index in [1.807, 2.05) is 6.26 Å². The molecular formula is C5H8O2S2. The molecule has 0 aliphatic carbocycles. The maximum absolute atomic E-state index is 10.2. The van der Waals surface area contributed by atoms with E-state index in [2.05, 4.69) is 0 Å². The number of carbonyl (C=O) groups is 1. The lowest BCUT2D eigenvalue weighted by atomic mass is 10.7. The van der Waals surface area contributed by atoms with Crippen LogP contribution in [-0.2, 0) is 4.79 Å². The summed E-state index contributed by atoms with van der Waals surface area (Å²) in [7, 11) is 0. The third-order valence-electron chi connectivity index (χ3n) is 0.656. The first-order valence-corrected chi connectivity index (χ1v) is 4.74. The summed E-state index contributed by atoms with van der Waals surface area (Å²) in [4.78, 5) is 10.6. The predicted octanol–water partition coefficient (Wildman–Crippen LogP) is 1.64. The van der Waals surface area contributed by atoms with Crippen LogP contribution in [0.15, 0.2) is 10.3 Å². The highest BCUT2D eigenvalue weighted by atomic mass is 32.2. The zero-order chi connectivity index (χ0) is 7.28. The monoisotopic (exact) mass is 164 g/mol. The molecule has 0 saturated heterocycles. The van der Waals surface area contributed by atoms with Gasteiger partial charge in [-0.1, -0.05) is 0 Å². The summed E-state index contributed by atoms with van der Waals surface area (Å²) in [5, 5.41) is 10.0. The van der Waals surface area contributed by atoms with Crippen LogP contribution < -0.4 is 0 Å². The molecule has 0 aliphatic heterocycles. The number of hydrogen-bond acceptors (Lipinski definition) is 3. The summed E-state index contributed by atoms with van der Waals surface area (Å²) in [5.74, 6) is -0.850. The van der Waals surface area contributed by atoms with Gasteiger partial charge in [0.1, 0.15) is 0 Å². The molecule has 0 unspecified atom stereocenters. The number of carboxylic acid groups (broad SMARTS) is 1. The van der Waals surface area contributed by atoms with Gasteiger partial charge in [0.05, 0.1) is 4.91 Å². The summed E-state index contributed by atoms with van der Waals surface area (Å²) in [6, 6.07) is 0. The van der Waals surface area contributed by atoms with Crippen molar-refractivity contribution in [3.8, 4) is 0 Å². The first-order valence-electron chi connectivity index (χ1n) is 2.22. The van der Waals surface area contributed by atoms with Crippen LogP contribution in [0, 0.1) is 0 Å². The Hall–Kier alpha value is -0.0900. The Bertz CT molecular complexity index is 131. The molecular weight excluding hydrogens is 156 g/mol. The second kappa shape index (κ2) is 4.76. The third-order valence-corrected chi connectivity index (χ3v) is 2.01. The van der Waals surface area contributed by atoms with E-state index in [1.165, 1.54) is 23.5 Å². The summed E-state index contributed by atoms with van der Waals surface area (Å²) in [6.07, 6.45) is 3.58. The molecule has 52 valence electrons. The predicted molar refractivity (Wildman–Crippen MR) is 42.7 cm³/mol. The van der Waals surface area contributed by atoms with Gasteiger partial charge in [-0.3, -0.25) is 0 Å². The Morgan fingerprint density at radius 1 is 1.56 bits per heavy atom. The van der Waals surface area contributed by atoms with E-state index in [0.717, 1.165) is 0 Å². The van der Waals surface area contributed by atoms with Crippen LogP contribution in [0.5, 0.6) is 0 Å². The van der Waals surface area contributed by atoms with Crippen LogP contribution in [0.4, 0.5) is 0 Å². The smallest absolute Gasteiger partial charge is 0.342 e. The average Bonchev–Trinajstić information content (AvgIpc) is 1.82. The van der Waals surface area contributed by atoms with Crippen molar-refractivity contribution in [1.82, 2.24) is 0 Å². The third kappa shape index (κ3) is 3.48. The molecule has 9 heavy (non-hydrogen) atoms. The Morgan fingerprint density at radius 2 is 2.11 bits per heavy atom. The molecule has 0 aromatic rings. The minimum absolute atomic E-state index is 0.391. The molecule has 0 heterocycles. The van der Waals surface area contributed by atoms with Crippen molar-refractivity contribution in [2.24, 2.45) is 0 Å².